The summed E-state index contributed by atoms with van der Waals surface area (Å²) in [5.74, 6) is 0.321. The Balaban J connectivity index is 1.83. The molecule has 2 N–H and O–H groups in total. The lowest BCUT2D eigenvalue weighted by atomic mass is 10.1. The summed E-state index contributed by atoms with van der Waals surface area (Å²) in [6.45, 7) is 1.85. The maximum atomic E-state index is 13.1. The van der Waals surface area contributed by atoms with E-state index in [1.807, 2.05) is 0 Å². The maximum absolute atomic E-state index is 13.1. The zero-order valence-corrected chi connectivity index (χ0v) is 15.8. The summed E-state index contributed by atoms with van der Waals surface area (Å²) in [5.41, 5.74) is 5.74. The first-order valence-corrected chi connectivity index (χ1v) is 10.6. The smallest absolute Gasteiger partial charge is 0.247 e. The number of halogens is 1. The molecule has 3 rings (SSSR count). The van der Waals surface area contributed by atoms with Crippen LogP contribution in [-0.2, 0) is 14.8 Å². The van der Waals surface area contributed by atoms with Gasteiger partial charge in [-0.3, -0.25) is 0 Å². The number of nitrogens with zero attached hydrogens (tertiary/aromatic N) is 1. The van der Waals surface area contributed by atoms with Crippen LogP contribution in [0.2, 0.25) is 5.02 Å². The van der Waals surface area contributed by atoms with E-state index >= 15 is 0 Å². The van der Waals surface area contributed by atoms with Crippen LogP contribution in [0.1, 0.15) is 32.1 Å². The van der Waals surface area contributed by atoms with Gasteiger partial charge in [0.25, 0.3) is 0 Å². The molecule has 0 aromatic heterocycles. The summed E-state index contributed by atoms with van der Waals surface area (Å²) >= 11 is 6.06. The minimum atomic E-state index is -3.70. The van der Waals surface area contributed by atoms with Crippen LogP contribution in [0, 0.1) is 0 Å². The average molecular weight is 389 g/mol. The molecule has 8 heteroatoms. The Morgan fingerprint density at radius 3 is 2.84 bits per heavy atom. The second-order valence-electron chi connectivity index (χ2n) is 6.54. The Bertz CT molecular complexity index is 692. The predicted octanol–water partition coefficient (Wildman–Crippen LogP) is 2.40. The van der Waals surface area contributed by atoms with Gasteiger partial charge in [-0.15, -0.1) is 0 Å². The highest BCUT2D eigenvalue weighted by Crippen LogP contribution is 2.33. The van der Waals surface area contributed by atoms with E-state index in [2.05, 4.69) is 0 Å². The summed E-state index contributed by atoms with van der Waals surface area (Å²) < 4.78 is 39.2. The molecule has 25 heavy (non-hydrogen) atoms. The molecule has 1 aromatic carbocycles. The molecular weight excluding hydrogens is 364 g/mol. The predicted molar refractivity (Wildman–Crippen MR) is 96.5 cm³/mol. The molecule has 0 spiro atoms. The van der Waals surface area contributed by atoms with Crippen molar-refractivity contribution in [1.82, 2.24) is 4.31 Å². The van der Waals surface area contributed by atoms with Crippen molar-refractivity contribution in [3.8, 4) is 5.75 Å². The molecule has 0 bridgehead atoms. The fourth-order valence-corrected chi connectivity index (χ4v) is 5.51. The molecule has 140 valence electrons. The van der Waals surface area contributed by atoms with E-state index in [-0.39, 0.29) is 17.0 Å². The molecule has 6 nitrogen and oxygen atoms in total. The van der Waals surface area contributed by atoms with Crippen LogP contribution in [-0.4, -0.2) is 51.2 Å². The van der Waals surface area contributed by atoms with Crippen molar-refractivity contribution in [3.05, 3.63) is 23.2 Å². The van der Waals surface area contributed by atoms with Gasteiger partial charge < -0.3 is 15.2 Å². The van der Waals surface area contributed by atoms with Crippen molar-refractivity contribution in [2.75, 3.05) is 26.3 Å². The van der Waals surface area contributed by atoms with Gasteiger partial charge in [-0.1, -0.05) is 11.6 Å². The lowest BCUT2D eigenvalue weighted by Crippen LogP contribution is -2.40. The summed E-state index contributed by atoms with van der Waals surface area (Å²) in [7, 11) is -3.70. The number of benzene rings is 1. The zero-order valence-electron chi connectivity index (χ0n) is 14.2. The first-order chi connectivity index (χ1) is 12.0. The quantitative estimate of drug-likeness (QED) is 0.809. The van der Waals surface area contributed by atoms with Crippen LogP contribution in [0.25, 0.3) is 0 Å². The minimum Gasteiger partial charge on any atom is -0.489 e. The lowest BCUT2D eigenvalue weighted by molar-refractivity contribution is -0.0116. The molecule has 1 aromatic rings. The molecular formula is C17H25ClN2O4S. The van der Waals surface area contributed by atoms with Gasteiger partial charge in [0, 0.05) is 30.8 Å². The molecule has 2 aliphatic heterocycles. The van der Waals surface area contributed by atoms with Gasteiger partial charge in [0.05, 0.1) is 6.10 Å². The monoisotopic (exact) mass is 388 g/mol. The van der Waals surface area contributed by atoms with Gasteiger partial charge in [0.1, 0.15) is 17.3 Å². The third-order valence-electron chi connectivity index (χ3n) is 4.79. The zero-order chi connectivity index (χ0) is 17.9. The molecule has 2 atom stereocenters. The van der Waals surface area contributed by atoms with E-state index < -0.39 is 10.0 Å². The normalized spacial score (nSPS) is 25.2. The van der Waals surface area contributed by atoms with Crippen molar-refractivity contribution in [2.24, 2.45) is 5.73 Å². The van der Waals surface area contributed by atoms with Gasteiger partial charge in [-0.2, -0.15) is 4.31 Å². The van der Waals surface area contributed by atoms with Crippen LogP contribution in [0.15, 0.2) is 23.1 Å². The Labute approximate surface area is 154 Å². The molecule has 2 heterocycles. The second kappa shape index (κ2) is 8.22. The minimum absolute atomic E-state index is 0.00330. The number of sulfonamides is 1. The molecule has 0 amide bonds. The van der Waals surface area contributed by atoms with E-state index in [1.54, 1.807) is 12.1 Å². The van der Waals surface area contributed by atoms with Crippen molar-refractivity contribution in [2.45, 2.75) is 49.1 Å². The van der Waals surface area contributed by atoms with Crippen LogP contribution in [0.3, 0.4) is 0 Å². The van der Waals surface area contributed by atoms with Crippen molar-refractivity contribution in [3.63, 3.8) is 0 Å². The standard InChI is InChI=1S/C17H25ClN2O4S/c18-13-6-7-16(24-12-15-5-1-2-9-23-15)17(10-13)25(21,22)20-8-3-4-14(20)11-19/h6-7,10,14-15H,1-5,8-9,11-12,19H2. The molecule has 2 unspecified atom stereocenters. The van der Waals surface area contributed by atoms with Crippen LogP contribution < -0.4 is 10.5 Å². The molecule has 2 saturated heterocycles. The van der Waals surface area contributed by atoms with Gasteiger partial charge in [-0.05, 0) is 50.3 Å². The molecule has 0 aliphatic carbocycles. The van der Waals surface area contributed by atoms with Gasteiger partial charge in [0.15, 0.2) is 0 Å². The van der Waals surface area contributed by atoms with Crippen molar-refractivity contribution in [1.29, 1.82) is 0 Å². The lowest BCUT2D eigenvalue weighted by Gasteiger charge is -2.26. The Kier molecular flexibility index (Phi) is 6.22. The molecule has 2 aliphatic rings. The topological polar surface area (TPSA) is 81.9 Å². The van der Waals surface area contributed by atoms with Gasteiger partial charge in [-0.25, -0.2) is 8.42 Å². The van der Waals surface area contributed by atoms with Crippen molar-refractivity contribution >= 4 is 21.6 Å². The van der Waals surface area contributed by atoms with Crippen LogP contribution in [0.4, 0.5) is 0 Å². The third kappa shape index (κ3) is 4.28. The Morgan fingerprint density at radius 2 is 2.12 bits per heavy atom. The van der Waals surface area contributed by atoms with E-state index in [1.165, 1.54) is 10.4 Å². The Morgan fingerprint density at radius 1 is 1.28 bits per heavy atom. The number of rotatable bonds is 6. The van der Waals surface area contributed by atoms with E-state index in [0.717, 1.165) is 38.7 Å². The summed E-state index contributed by atoms with van der Waals surface area (Å²) in [6.07, 6.45) is 4.69. The molecule has 0 saturated carbocycles. The second-order valence-corrected chi connectivity index (χ2v) is 8.83. The number of hydrogen-bond acceptors (Lipinski definition) is 5. The highest BCUT2D eigenvalue weighted by atomic mass is 35.5. The van der Waals surface area contributed by atoms with Crippen LogP contribution in [0.5, 0.6) is 5.75 Å². The molecule has 0 radical (unpaired) electrons. The highest BCUT2D eigenvalue weighted by molar-refractivity contribution is 7.89. The van der Waals surface area contributed by atoms with E-state index in [9.17, 15) is 8.42 Å². The maximum Gasteiger partial charge on any atom is 0.247 e. The number of hydrogen-bond donors (Lipinski definition) is 1. The third-order valence-corrected chi connectivity index (χ3v) is 6.99. The largest absolute Gasteiger partial charge is 0.489 e. The van der Waals surface area contributed by atoms with Gasteiger partial charge in [0.2, 0.25) is 10.0 Å². The Hall–Kier alpha value is -0.860. The summed E-state index contributed by atoms with van der Waals surface area (Å²) in [6, 6.07) is 4.55. The SMILES string of the molecule is NCC1CCCN1S(=O)(=O)c1cc(Cl)ccc1OCC1CCCCO1. The number of nitrogens with two attached hydrogens (primary N) is 1. The van der Waals surface area contributed by atoms with Gasteiger partial charge >= 0.3 is 0 Å². The van der Waals surface area contributed by atoms with E-state index in [0.29, 0.717) is 30.5 Å². The number of ether oxygens (including phenoxy) is 2. The average Bonchev–Trinajstić information content (AvgIpc) is 3.11. The molecule has 2 fully saturated rings. The van der Waals surface area contributed by atoms with Crippen LogP contribution >= 0.6 is 11.6 Å². The highest BCUT2D eigenvalue weighted by Gasteiger charge is 2.36. The van der Waals surface area contributed by atoms with E-state index in [4.69, 9.17) is 26.8 Å². The first kappa shape index (κ1) is 18.9. The van der Waals surface area contributed by atoms with Crippen molar-refractivity contribution < 1.29 is 17.9 Å². The fraction of sp³-hybridized carbons (Fsp3) is 0.647. The fourth-order valence-electron chi connectivity index (χ4n) is 3.41. The first-order valence-electron chi connectivity index (χ1n) is 8.78. The summed E-state index contributed by atoms with van der Waals surface area (Å²) in [4.78, 5) is 0.108. The summed E-state index contributed by atoms with van der Waals surface area (Å²) in [5, 5.41) is 0.364.